The SMILES string of the molecule is NC(=O)c1ccc(CN2CCC(O)(c3cccc(C(F)(F)F)c3)C2)c(F)c1. The fourth-order valence-electron chi connectivity index (χ4n) is 3.30. The van der Waals surface area contributed by atoms with Crippen LogP contribution in [0.4, 0.5) is 17.6 Å². The van der Waals surface area contributed by atoms with Crippen LogP contribution < -0.4 is 5.73 Å². The number of β-amino-alcohol motifs (C(OH)–C–C–N with tert-alkyl or cyclic N) is 1. The monoisotopic (exact) mass is 382 g/mol. The van der Waals surface area contributed by atoms with E-state index in [9.17, 15) is 27.5 Å². The van der Waals surface area contributed by atoms with Gasteiger partial charge in [-0.2, -0.15) is 13.2 Å². The third-order valence-electron chi connectivity index (χ3n) is 4.79. The Morgan fingerprint density at radius 1 is 1.22 bits per heavy atom. The highest BCUT2D eigenvalue weighted by atomic mass is 19.4. The van der Waals surface area contributed by atoms with Crippen molar-refractivity contribution in [1.29, 1.82) is 0 Å². The molecule has 1 atom stereocenters. The highest BCUT2D eigenvalue weighted by molar-refractivity contribution is 5.92. The first-order valence-electron chi connectivity index (χ1n) is 8.29. The lowest BCUT2D eigenvalue weighted by atomic mass is 9.91. The van der Waals surface area contributed by atoms with Crippen LogP contribution in [-0.4, -0.2) is 29.0 Å². The van der Waals surface area contributed by atoms with E-state index in [1.54, 1.807) is 4.90 Å². The van der Waals surface area contributed by atoms with Crippen molar-refractivity contribution in [2.75, 3.05) is 13.1 Å². The van der Waals surface area contributed by atoms with Gasteiger partial charge in [-0.05, 0) is 36.2 Å². The molecule has 1 aliphatic heterocycles. The van der Waals surface area contributed by atoms with Crippen molar-refractivity contribution in [3.05, 3.63) is 70.5 Å². The van der Waals surface area contributed by atoms with Crippen LogP contribution in [0.3, 0.4) is 0 Å². The van der Waals surface area contributed by atoms with Gasteiger partial charge in [0.15, 0.2) is 0 Å². The molecule has 2 aromatic carbocycles. The van der Waals surface area contributed by atoms with Crippen molar-refractivity contribution < 1.29 is 27.5 Å². The van der Waals surface area contributed by atoms with Gasteiger partial charge >= 0.3 is 6.18 Å². The van der Waals surface area contributed by atoms with Gasteiger partial charge in [0, 0.05) is 30.8 Å². The molecule has 0 spiro atoms. The molecule has 1 fully saturated rings. The van der Waals surface area contributed by atoms with Crippen LogP contribution >= 0.6 is 0 Å². The van der Waals surface area contributed by atoms with Crippen molar-refractivity contribution >= 4 is 5.91 Å². The summed E-state index contributed by atoms with van der Waals surface area (Å²) in [5, 5.41) is 10.8. The molecule has 144 valence electrons. The van der Waals surface area contributed by atoms with E-state index in [-0.39, 0.29) is 30.6 Å². The molecule has 1 saturated heterocycles. The molecule has 0 saturated carbocycles. The number of hydrogen-bond acceptors (Lipinski definition) is 3. The first kappa shape index (κ1) is 19.3. The lowest BCUT2D eigenvalue weighted by Crippen LogP contribution is -2.31. The van der Waals surface area contributed by atoms with Gasteiger partial charge in [0.1, 0.15) is 11.4 Å². The summed E-state index contributed by atoms with van der Waals surface area (Å²) in [5.74, 6) is -1.33. The average molecular weight is 382 g/mol. The number of carbonyl (C=O) groups is 1. The number of primary amides is 1. The Morgan fingerprint density at radius 3 is 2.59 bits per heavy atom. The Morgan fingerprint density at radius 2 is 1.96 bits per heavy atom. The number of aliphatic hydroxyl groups is 1. The number of benzene rings is 2. The molecular formula is C19H18F4N2O2. The van der Waals surface area contributed by atoms with E-state index in [4.69, 9.17) is 5.73 Å². The van der Waals surface area contributed by atoms with Gasteiger partial charge in [-0.25, -0.2) is 4.39 Å². The highest BCUT2D eigenvalue weighted by Crippen LogP contribution is 2.36. The van der Waals surface area contributed by atoms with Crippen molar-refractivity contribution in [2.24, 2.45) is 5.73 Å². The van der Waals surface area contributed by atoms with E-state index in [0.717, 1.165) is 18.2 Å². The number of rotatable bonds is 4. The van der Waals surface area contributed by atoms with Crippen molar-refractivity contribution in [3.63, 3.8) is 0 Å². The number of halogens is 4. The van der Waals surface area contributed by atoms with Gasteiger partial charge in [-0.1, -0.05) is 18.2 Å². The number of nitrogens with zero attached hydrogens (tertiary/aromatic N) is 1. The Hall–Kier alpha value is -2.45. The first-order chi connectivity index (χ1) is 12.6. The van der Waals surface area contributed by atoms with Gasteiger partial charge in [-0.3, -0.25) is 9.69 Å². The summed E-state index contributed by atoms with van der Waals surface area (Å²) in [5.41, 5.74) is 3.40. The molecule has 2 aromatic rings. The fourth-order valence-corrected chi connectivity index (χ4v) is 3.30. The number of carbonyl (C=O) groups excluding carboxylic acids is 1. The van der Waals surface area contributed by atoms with E-state index in [1.807, 2.05) is 0 Å². The van der Waals surface area contributed by atoms with E-state index in [1.165, 1.54) is 24.3 Å². The van der Waals surface area contributed by atoms with Crippen LogP contribution in [0, 0.1) is 5.82 Å². The number of likely N-dealkylation sites (tertiary alicyclic amines) is 1. The van der Waals surface area contributed by atoms with Crippen LogP contribution in [0.1, 0.15) is 33.5 Å². The van der Waals surface area contributed by atoms with Gasteiger partial charge in [-0.15, -0.1) is 0 Å². The largest absolute Gasteiger partial charge is 0.416 e. The molecule has 4 nitrogen and oxygen atoms in total. The first-order valence-corrected chi connectivity index (χ1v) is 8.29. The van der Waals surface area contributed by atoms with Crippen molar-refractivity contribution in [1.82, 2.24) is 4.90 Å². The Labute approximate surface area is 153 Å². The van der Waals surface area contributed by atoms with E-state index in [0.29, 0.717) is 12.1 Å². The zero-order chi connectivity index (χ0) is 19.8. The predicted octanol–water partition coefficient (Wildman–Crippen LogP) is 3.04. The minimum Gasteiger partial charge on any atom is -0.384 e. The molecule has 1 heterocycles. The molecule has 0 bridgehead atoms. The minimum absolute atomic E-state index is 0.0538. The third kappa shape index (κ3) is 4.12. The van der Waals surface area contributed by atoms with Crippen LogP contribution in [-0.2, 0) is 18.3 Å². The summed E-state index contributed by atoms with van der Waals surface area (Å²) in [6.45, 7) is 0.626. The standard InChI is InChI=1S/C19H18F4N2O2/c20-16-8-12(17(24)26)4-5-13(16)10-25-7-6-18(27,11-25)14-2-1-3-15(9-14)19(21,22)23/h1-5,8-9,27H,6-7,10-11H2,(H2,24,26). The lowest BCUT2D eigenvalue weighted by Gasteiger charge is -2.25. The van der Waals surface area contributed by atoms with Crippen LogP contribution in [0.5, 0.6) is 0 Å². The molecule has 3 N–H and O–H groups in total. The van der Waals surface area contributed by atoms with Gasteiger partial charge in [0.05, 0.1) is 5.56 Å². The second kappa shape index (κ2) is 6.94. The summed E-state index contributed by atoms with van der Waals surface area (Å²) in [6, 6.07) is 8.53. The molecular weight excluding hydrogens is 364 g/mol. The third-order valence-corrected chi connectivity index (χ3v) is 4.79. The molecule has 0 radical (unpaired) electrons. The maximum absolute atomic E-state index is 14.1. The topological polar surface area (TPSA) is 66.6 Å². The zero-order valence-electron chi connectivity index (χ0n) is 14.3. The minimum atomic E-state index is -4.49. The lowest BCUT2D eigenvalue weighted by molar-refractivity contribution is -0.137. The number of amides is 1. The van der Waals surface area contributed by atoms with E-state index >= 15 is 0 Å². The van der Waals surface area contributed by atoms with E-state index < -0.39 is 29.1 Å². The van der Waals surface area contributed by atoms with Crippen LogP contribution in [0.25, 0.3) is 0 Å². The molecule has 3 rings (SSSR count). The van der Waals surface area contributed by atoms with E-state index in [2.05, 4.69) is 0 Å². The summed E-state index contributed by atoms with van der Waals surface area (Å²) >= 11 is 0. The molecule has 8 heteroatoms. The smallest absolute Gasteiger partial charge is 0.384 e. The number of nitrogens with two attached hydrogens (primary N) is 1. The number of alkyl halides is 3. The fraction of sp³-hybridized carbons (Fsp3) is 0.316. The van der Waals surface area contributed by atoms with Crippen LogP contribution in [0.15, 0.2) is 42.5 Å². The number of hydrogen-bond donors (Lipinski definition) is 2. The van der Waals surface area contributed by atoms with Gasteiger partial charge < -0.3 is 10.8 Å². The van der Waals surface area contributed by atoms with Crippen molar-refractivity contribution in [3.8, 4) is 0 Å². The predicted molar refractivity (Wildman–Crippen MR) is 90.2 cm³/mol. The maximum atomic E-state index is 14.1. The normalized spacial score (nSPS) is 20.8. The van der Waals surface area contributed by atoms with Gasteiger partial charge in [0.25, 0.3) is 0 Å². The zero-order valence-corrected chi connectivity index (χ0v) is 14.3. The second-order valence-electron chi connectivity index (χ2n) is 6.74. The summed E-state index contributed by atoms with van der Waals surface area (Å²) < 4.78 is 52.9. The second-order valence-corrected chi connectivity index (χ2v) is 6.74. The average Bonchev–Trinajstić information content (AvgIpc) is 2.98. The molecule has 27 heavy (non-hydrogen) atoms. The Bertz CT molecular complexity index is 869. The molecule has 0 aromatic heterocycles. The highest BCUT2D eigenvalue weighted by Gasteiger charge is 2.39. The van der Waals surface area contributed by atoms with Crippen molar-refractivity contribution in [2.45, 2.75) is 24.7 Å². The maximum Gasteiger partial charge on any atom is 0.416 e. The molecule has 1 aliphatic rings. The molecule has 1 unspecified atom stereocenters. The molecule has 0 aliphatic carbocycles. The molecule has 1 amide bonds. The quantitative estimate of drug-likeness (QED) is 0.799. The Balaban J connectivity index is 1.76. The van der Waals surface area contributed by atoms with Gasteiger partial charge in [0.2, 0.25) is 5.91 Å². The summed E-state index contributed by atoms with van der Waals surface area (Å²) in [7, 11) is 0. The Kier molecular flexibility index (Phi) is 4.96. The van der Waals surface area contributed by atoms with Crippen LogP contribution in [0.2, 0.25) is 0 Å². The summed E-state index contributed by atoms with van der Waals surface area (Å²) in [6.07, 6.45) is -4.26. The summed E-state index contributed by atoms with van der Waals surface area (Å²) in [4.78, 5) is 12.8.